The molecule has 0 bridgehead atoms. The van der Waals surface area contributed by atoms with E-state index in [0.29, 0.717) is 25.5 Å². The second kappa shape index (κ2) is 7.85. The van der Waals surface area contributed by atoms with Crippen LogP contribution in [0.1, 0.15) is 19.3 Å². The number of carbonyl (C=O) groups is 1. The Hall–Kier alpha value is -3.13. The van der Waals surface area contributed by atoms with E-state index in [-0.39, 0.29) is 17.4 Å². The lowest BCUT2D eigenvalue weighted by Crippen LogP contribution is -2.42. The maximum absolute atomic E-state index is 12.7. The Kier molecular flexibility index (Phi) is 5.12. The average molecular weight is 381 g/mol. The molecule has 1 aromatic carbocycles. The predicted molar refractivity (Wildman–Crippen MR) is 104 cm³/mol. The normalized spacial score (nSPS) is 15.9. The molecule has 0 spiro atoms. The number of nitrogens with one attached hydrogen (secondary N) is 2. The molecule has 8 heteroatoms. The number of aromatic amines is 1. The lowest BCUT2D eigenvalue weighted by atomic mass is 9.86. The van der Waals surface area contributed by atoms with Crippen molar-refractivity contribution in [1.29, 1.82) is 0 Å². The quantitative estimate of drug-likeness (QED) is 0.685. The number of anilines is 1. The number of nitrogens with zero attached hydrogens (tertiary/aromatic N) is 3. The summed E-state index contributed by atoms with van der Waals surface area (Å²) in [6, 6.07) is 11.4. The Bertz CT molecular complexity index is 912. The molecule has 0 aliphatic carbocycles. The van der Waals surface area contributed by atoms with Crippen molar-refractivity contribution in [3.8, 4) is 17.1 Å². The van der Waals surface area contributed by atoms with Gasteiger partial charge in [0.15, 0.2) is 5.82 Å². The number of hydrogen-bond acceptors (Lipinski definition) is 5. The van der Waals surface area contributed by atoms with Crippen LogP contribution in [0.3, 0.4) is 0 Å². The lowest BCUT2D eigenvalue weighted by molar-refractivity contribution is -0.119. The lowest BCUT2D eigenvalue weighted by Gasteiger charge is -2.38. The van der Waals surface area contributed by atoms with Gasteiger partial charge in [-0.25, -0.2) is 0 Å². The van der Waals surface area contributed by atoms with Crippen molar-refractivity contribution in [2.75, 3.05) is 25.6 Å². The zero-order valence-corrected chi connectivity index (χ0v) is 15.7. The Morgan fingerprint density at radius 3 is 2.64 bits per heavy atom. The van der Waals surface area contributed by atoms with E-state index in [1.165, 1.54) is 0 Å². The first-order valence-corrected chi connectivity index (χ1v) is 9.26. The van der Waals surface area contributed by atoms with E-state index >= 15 is 0 Å². The van der Waals surface area contributed by atoms with Crippen LogP contribution in [-0.4, -0.2) is 46.0 Å². The van der Waals surface area contributed by atoms with Crippen LogP contribution in [0.5, 0.6) is 5.75 Å². The summed E-state index contributed by atoms with van der Waals surface area (Å²) in [5.74, 6) is 1.51. The third kappa shape index (κ3) is 3.77. The molecule has 1 amide bonds. The van der Waals surface area contributed by atoms with Crippen LogP contribution in [0.25, 0.3) is 11.4 Å². The summed E-state index contributed by atoms with van der Waals surface area (Å²) in [7, 11) is 1.62. The zero-order chi connectivity index (χ0) is 19.4. The van der Waals surface area contributed by atoms with Gasteiger partial charge in [0.25, 0.3) is 0 Å². The maximum Gasteiger partial charge on any atom is 0.249 e. The van der Waals surface area contributed by atoms with Crippen LogP contribution in [0.2, 0.25) is 0 Å². The van der Waals surface area contributed by atoms with E-state index in [1.54, 1.807) is 7.11 Å². The Morgan fingerprint density at radius 1 is 1.25 bits per heavy atom. The molecule has 8 nitrogen and oxygen atoms in total. The monoisotopic (exact) mass is 381 g/mol. The molecule has 1 saturated heterocycles. The molecular weight excluding hydrogens is 358 g/mol. The largest absolute Gasteiger partial charge is 0.497 e. The fourth-order valence-electron chi connectivity index (χ4n) is 3.59. The van der Waals surface area contributed by atoms with Crippen molar-refractivity contribution < 1.29 is 14.3 Å². The van der Waals surface area contributed by atoms with E-state index in [9.17, 15) is 4.79 Å². The van der Waals surface area contributed by atoms with Crippen LogP contribution >= 0.6 is 0 Å². The average Bonchev–Trinajstić information content (AvgIpc) is 3.41. The van der Waals surface area contributed by atoms with Gasteiger partial charge in [-0.15, -0.1) is 5.10 Å². The van der Waals surface area contributed by atoms with E-state index < -0.39 is 0 Å². The van der Waals surface area contributed by atoms with Gasteiger partial charge < -0.3 is 14.0 Å². The van der Waals surface area contributed by atoms with E-state index in [0.717, 1.165) is 24.2 Å². The van der Waals surface area contributed by atoms with Crippen molar-refractivity contribution in [2.45, 2.75) is 24.8 Å². The number of aromatic nitrogens is 4. The van der Waals surface area contributed by atoms with Crippen molar-refractivity contribution >= 4 is 11.9 Å². The Balaban J connectivity index is 1.45. The number of benzene rings is 1. The fourth-order valence-corrected chi connectivity index (χ4v) is 3.59. The second-order valence-electron chi connectivity index (χ2n) is 6.89. The van der Waals surface area contributed by atoms with Gasteiger partial charge in [-0.2, -0.15) is 4.98 Å². The van der Waals surface area contributed by atoms with Gasteiger partial charge in [0.05, 0.1) is 19.1 Å². The van der Waals surface area contributed by atoms with Gasteiger partial charge >= 0.3 is 0 Å². The van der Waals surface area contributed by atoms with Crippen molar-refractivity contribution in [1.82, 2.24) is 19.7 Å². The second-order valence-corrected chi connectivity index (χ2v) is 6.89. The minimum Gasteiger partial charge on any atom is -0.497 e. The number of hydrogen-bond donors (Lipinski definition) is 2. The van der Waals surface area contributed by atoms with Gasteiger partial charge in [0.2, 0.25) is 11.9 Å². The first-order chi connectivity index (χ1) is 13.7. The molecule has 3 heterocycles. The summed E-state index contributed by atoms with van der Waals surface area (Å²) in [5.41, 5.74) is 0.586. The zero-order valence-electron chi connectivity index (χ0n) is 15.7. The molecule has 146 valence electrons. The Labute approximate surface area is 162 Å². The first-order valence-electron chi connectivity index (χ1n) is 9.26. The number of rotatable bonds is 6. The molecule has 0 saturated carbocycles. The molecule has 1 aliphatic rings. The molecule has 4 rings (SSSR count). The van der Waals surface area contributed by atoms with Gasteiger partial charge in [0.1, 0.15) is 5.75 Å². The molecule has 0 unspecified atom stereocenters. The number of carbonyl (C=O) groups excluding carboxylic acids is 1. The molecule has 28 heavy (non-hydrogen) atoms. The van der Waals surface area contributed by atoms with Gasteiger partial charge in [0, 0.05) is 31.2 Å². The summed E-state index contributed by atoms with van der Waals surface area (Å²) >= 11 is 0. The van der Waals surface area contributed by atoms with Crippen LogP contribution in [0.15, 0.2) is 48.8 Å². The summed E-state index contributed by atoms with van der Waals surface area (Å²) in [6.45, 7) is 1.29. The fraction of sp³-hybridized carbons (Fsp3) is 0.350. The summed E-state index contributed by atoms with van der Waals surface area (Å²) in [6.07, 6.45) is 5.94. The number of methoxy groups -OCH3 is 1. The summed E-state index contributed by atoms with van der Waals surface area (Å²) < 4.78 is 12.8. The van der Waals surface area contributed by atoms with Crippen LogP contribution in [0.4, 0.5) is 5.95 Å². The van der Waals surface area contributed by atoms with E-state index in [1.807, 2.05) is 48.8 Å². The van der Waals surface area contributed by atoms with Crippen molar-refractivity contribution in [3.63, 3.8) is 0 Å². The predicted octanol–water partition coefficient (Wildman–Crippen LogP) is 2.82. The van der Waals surface area contributed by atoms with Crippen LogP contribution < -0.4 is 10.1 Å². The van der Waals surface area contributed by atoms with Gasteiger partial charge in [-0.05, 0) is 49.2 Å². The molecule has 0 atom stereocenters. The summed E-state index contributed by atoms with van der Waals surface area (Å²) in [4.78, 5) is 17.1. The van der Waals surface area contributed by atoms with Gasteiger partial charge in [-0.1, -0.05) is 0 Å². The number of H-pyrrole nitrogens is 1. The molecule has 3 aromatic rings. The molecule has 1 fully saturated rings. The first kappa shape index (κ1) is 18.2. The maximum atomic E-state index is 12.7. The summed E-state index contributed by atoms with van der Waals surface area (Å²) in [5, 5.41) is 9.80. The Morgan fingerprint density at radius 2 is 1.96 bits per heavy atom. The third-order valence-electron chi connectivity index (χ3n) is 5.17. The minimum atomic E-state index is -0.277. The number of ether oxygens (including phenoxy) is 2. The third-order valence-corrected chi connectivity index (χ3v) is 5.17. The minimum absolute atomic E-state index is 0.115. The van der Waals surface area contributed by atoms with Gasteiger partial charge in [-0.3, -0.25) is 15.2 Å². The highest BCUT2D eigenvalue weighted by Crippen LogP contribution is 2.33. The smallest absolute Gasteiger partial charge is 0.249 e. The topological polar surface area (TPSA) is 94.1 Å². The number of amides is 1. The SMILES string of the molecule is COc1ccc(-c2nc(NC(=O)CC3(n4cccc4)CCOCC3)n[nH]2)cc1. The molecule has 0 radical (unpaired) electrons. The molecule has 1 aliphatic heterocycles. The van der Waals surface area contributed by atoms with Crippen molar-refractivity contribution in [2.24, 2.45) is 0 Å². The molecule has 2 N–H and O–H groups in total. The highest BCUT2D eigenvalue weighted by Gasteiger charge is 2.36. The standard InChI is InChI=1S/C20H23N5O3/c1-27-16-6-4-15(5-7-16)18-22-19(24-23-18)21-17(26)14-20(8-12-28-13-9-20)25-10-2-3-11-25/h2-7,10-11H,8-9,12-14H2,1H3,(H2,21,22,23,24,26). The highest BCUT2D eigenvalue weighted by molar-refractivity contribution is 5.89. The van der Waals surface area contributed by atoms with Crippen molar-refractivity contribution in [3.05, 3.63) is 48.8 Å². The van der Waals surface area contributed by atoms with E-state index in [4.69, 9.17) is 9.47 Å². The molecule has 2 aromatic heterocycles. The molecular formula is C20H23N5O3. The van der Waals surface area contributed by atoms with E-state index in [2.05, 4.69) is 25.1 Å². The van der Waals surface area contributed by atoms with Crippen LogP contribution in [0, 0.1) is 0 Å². The van der Waals surface area contributed by atoms with Crippen LogP contribution in [-0.2, 0) is 15.1 Å². The highest BCUT2D eigenvalue weighted by atomic mass is 16.5.